The maximum absolute atomic E-state index is 11.6. The molecule has 1 aliphatic carbocycles. The molecule has 1 saturated heterocycles. The summed E-state index contributed by atoms with van der Waals surface area (Å²) >= 11 is 0. The summed E-state index contributed by atoms with van der Waals surface area (Å²) in [6.07, 6.45) is 0.676. The zero-order valence-corrected chi connectivity index (χ0v) is 9.52. The van der Waals surface area contributed by atoms with Crippen LogP contribution in [0.4, 0.5) is 4.79 Å². The molecular formula is C13H15NO3. The number of hydrogen-bond acceptors (Lipinski definition) is 3. The lowest BCUT2D eigenvalue weighted by Gasteiger charge is -2.13. The molecule has 4 nitrogen and oxygen atoms in total. The van der Waals surface area contributed by atoms with Gasteiger partial charge in [-0.05, 0) is 12.0 Å². The summed E-state index contributed by atoms with van der Waals surface area (Å²) in [5.41, 5.74) is 0.878. The van der Waals surface area contributed by atoms with Gasteiger partial charge in [-0.3, -0.25) is 0 Å². The second kappa shape index (κ2) is 4.04. The molecule has 3 rings (SSSR count). The Morgan fingerprint density at radius 2 is 2.29 bits per heavy atom. The largest absolute Gasteiger partial charge is 0.445 e. The molecule has 1 saturated carbocycles. The van der Waals surface area contributed by atoms with Crippen LogP contribution in [0.5, 0.6) is 0 Å². The molecule has 1 aromatic rings. The first-order valence-corrected chi connectivity index (χ1v) is 5.85. The van der Waals surface area contributed by atoms with Gasteiger partial charge in [0.2, 0.25) is 0 Å². The molecule has 0 bridgehead atoms. The lowest BCUT2D eigenvalue weighted by molar-refractivity contribution is 0.122. The minimum atomic E-state index is -0.346. The van der Waals surface area contributed by atoms with Crippen molar-refractivity contribution < 1.29 is 14.3 Å². The van der Waals surface area contributed by atoms with Crippen molar-refractivity contribution in [3.8, 4) is 0 Å². The molecule has 1 aromatic carbocycles. The Morgan fingerprint density at radius 3 is 2.94 bits per heavy atom. The number of carbonyl (C=O) groups is 1. The maximum atomic E-state index is 11.6. The molecule has 1 aliphatic heterocycles. The normalized spacial score (nSPS) is 29.5. The summed E-state index contributed by atoms with van der Waals surface area (Å²) in [6.45, 7) is 1.70. The minimum absolute atomic E-state index is 0.117. The maximum Gasteiger partial charge on any atom is 0.407 e. The van der Waals surface area contributed by atoms with Crippen LogP contribution in [0.25, 0.3) is 0 Å². The smallest absolute Gasteiger partial charge is 0.407 e. The van der Waals surface area contributed by atoms with Crippen LogP contribution >= 0.6 is 0 Å². The SMILES string of the molecule is O=C(N[C@]12COC[C@H]1C2)OCc1ccccc1. The number of amides is 1. The zero-order valence-electron chi connectivity index (χ0n) is 9.52. The van der Waals surface area contributed by atoms with E-state index in [-0.39, 0.29) is 11.6 Å². The van der Waals surface area contributed by atoms with Gasteiger partial charge in [0.25, 0.3) is 0 Å². The van der Waals surface area contributed by atoms with Crippen molar-refractivity contribution in [2.24, 2.45) is 5.92 Å². The van der Waals surface area contributed by atoms with E-state index in [2.05, 4.69) is 5.32 Å². The van der Waals surface area contributed by atoms with Gasteiger partial charge in [0, 0.05) is 5.92 Å². The van der Waals surface area contributed by atoms with Gasteiger partial charge in [0.1, 0.15) is 6.61 Å². The van der Waals surface area contributed by atoms with E-state index in [1.165, 1.54) is 0 Å². The number of ether oxygens (including phenoxy) is 2. The molecular weight excluding hydrogens is 218 g/mol. The second-order valence-electron chi connectivity index (χ2n) is 4.76. The fraction of sp³-hybridized carbons (Fsp3) is 0.462. The number of fused-ring (bicyclic) bond motifs is 1. The van der Waals surface area contributed by atoms with Crippen LogP contribution in [0.1, 0.15) is 12.0 Å². The lowest BCUT2D eigenvalue weighted by Crippen LogP contribution is -2.39. The van der Waals surface area contributed by atoms with Gasteiger partial charge < -0.3 is 14.8 Å². The minimum Gasteiger partial charge on any atom is -0.445 e. The topological polar surface area (TPSA) is 47.6 Å². The van der Waals surface area contributed by atoms with Gasteiger partial charge in [-0.25, -0.2) is 4.79 Å². The second-order valence-corrected chi connectivity index (χ2v) is 4.76. The molecule has 17 heavy (non-hydrogen) atoms. The van der Waals surface area contributed by atoms with Gasteiger partial charge in [-0.15, -0.1) is 0 Å². The molecule has 0 spiro atoms. The Morgan fingerprint density at radius 1 is 1.47 bits per heavy atom. The van der Waals surface area contributed by atoms with Gasteiger partial charge in [0.05, 0.1) is 18.8 Å². The standard InChI is InChI=1S/C13H15NO3/c15-12(14-13-6-11(13)8-16-9-13)17-7-10-4-2-1-3-5-10/h1-5,11H,6-9H2,(H,14,15)/t11-,13-/m1/s1. The molecule has 1 amide bonds. The van der Waals surface area contributed by atoms with Crippen LogP contribution < -0.4 is 5.32 Å². The highest BCUT2D eigenvalue weighted by Crippen LogP contribution is 2.48. The molecule has 2 aliphatic rings. The quantitative estimate of drug-likeness (QED) is 0.864. The Kier molecular flexibility index (Phi) is 2.52. The van der Waals surface area contributed by atoms with Crippen molar-refractivity contribution in [1.29, 1.82) is 0 Å². The average Bonchev–Trinajstić information content (AvgIpc) is 2.88. The van der Waals surface area contributed by atoms with E-state index in [1.54, 1.807) is 0 Å². The van der Waals surface area contributed by atoms with E-state index in [1.807, 2.05) is 30.3 Å². The molecule has 1 heterocycles. The fourth-order valence-corrected chi connectivity index (χ4v) is 2.31. The molecule has 4 heteroatoms. The number of alkyl carbamates (subject to hydrolysis) is 1. The van der Waals surface area contributed by atoms with Crippen LogP contribution in [0, 0.1) is 5.92 Å². The Labute approximate surface area is 99.9 Å². The molecule has 90 valence electrons. The first kappa shape index (κ1) is 10.6. The summed E-state index contributed by atoms with van der Waals surface area (Å²) in [5.74, 6) is 0.492. The highest BCUT2D eigenvalue weighted by Gasteiger charge is 2.59. The summed E-state index contributed by atoms with van der Waals surface area (Å²) < 4.78 is 10.5. The predicted molar refractivity (Wildman–Crippen MR) is 61.4 cm³/mol. The van der Waals surface area contributed by atoms with Crippen LogP contribution in [-0.4, -0.2) is 24.8 Å². The van der Waals surface area contributed by atoms with Crippen molar-refractivity contribution in [2.75, 3.05) is 13.2 Å². The van der Waals surface area contributed by atoms with Crippen molar-refractivity contribution >= 4 is 6.09 Å². The third kappa shape index (κ3) is 2.13. The summed E-state index contributed by atoms with van der Waals surface area (Å²) in [7, 11) is 0. The van der Waals surface area contributed by atoms with Gasteiger partial charge in [0.15, 0.2) is 0 Å². The van der Waals surface area contributed by atoms with Gasteiger partial charge >= 0.3 is 6.09 Å². The highest BCUT2D eigenvalue weighted by molar-refractivity contribution is 5.69. The first-order chi connectivity index (χ1) is 8.28. The fourth-order valence-electron chi connectivity index (χ4n) is 2.31. The number of rotatable bonds is 3. The molecule has 2 atom stereocenters. The monoisotopic (exact) mass is 233 g/mol. The Balaban J connectivity index is 1.48. The van der Waals surface area contributed by atoms with Crippen molar-refractivity contribution in [3.63, 3.8) is 0 Å². The third-order valence-electron chi connectivity index (χ3n) is 3.47. The number of benzene rings is 1. The number of nitrogens with one attached hydrogen (secondary N) is 1. The summed E-state index contributed by atoms with van der Waals surface area (Å²) in [5, 5.41) is 2.91. The average molecular weight is 233 g/mol. The molecule has 2 fully saturated rings. The predicted octanol–water partition coefficient (Wildman–Crippen LogP) is 1.70. The van der Waals surface area contributed by atoms with E-state index in [4.69, 9.17) is 9.47 Å². The Bertz CT molecular complexity index is 420. The van der Waals surface area contributed by atoms with E-state index < -0.39 is 0 Å². The van der Waals surface area contributed by atoms with Crippen molar-refractivity contribution in [3.05, 3.63) is 35.9 Å². The van der Waals surface area contributed by atoms with E-state index >= 15 is 0 Å². The summed E-state index contributed by atoms with van der Waals surface area (Å²) in [6, 6.07) is 9.66. The highest BCUT2D eigenvalue weighted by atomic mass is 16.5. The molecule has 1 N–H and O–H groups in total. The van der Waals surface area contributed by atoms with Crippen LogP contribution in [0.2, 0.25) is 0 Å². The van der Waals surface area contributed by atoms with Gasteiger partial charge in [-0.1, -0.05) is 30.3 Å². The third-order valence-corrected chi connectivity index (χ3v) is 3.47. The van der Waals surface area contributed by atoms with Crippen LogP contribution in [-0.2, 0) is 16.1 Å². The van der Waals surface area contributed by atoms with Crippen LogP contribution in [0.15, 0.2) is 30.3 Å². The van der Waals surface area contributed by atoms with E-state index in [0.717, 1.165) is 18.6 Å². The molecule has 0 aromatic heterocycles. The van der Waals surface area contributed by atoms with Gasteiger partial charge in [-0.2, -0.15) is 0 Å². The van der Waals surface area contributed by atoms with E-state index in [9.17, 15) is 4.79 Å². The number of hydrogen-bond donors (Lipinski definition) is 1. The Hall–Kier alpha value is -1.55. The summed E-state index contributed by atoms with van der Waals surface area (Å²) in [4.78, 5) is 11.6. The zero-order chi connectivity index (χ0) is 11.7. The first-order valence-electron chi connectivity index (χ1n) is 5.85. The van der Waals surface area contributed by atoms with Crippen LogP contribution in [0.3, 0.4) is 0 Å². The number of carbonyl (C=O) groups excluding carboxylic acids is 1. The van der Waals surface area contributed by atoms with Crippen molar-refractivity contribution in [1.82, 2.24) is 5.32 Å². The van der Waals surface area contributed by atoms with E-state index in [0.29, 0.717) is 19.1 Å². The molecule has 0 unspecified atom stereocenters. The lowest BCUT2D eigenvalue weighted by atomic mass is 10.2. The molecule has 0 radical (unpaired) electrons. The van der Waals surface area contributed by atoms with Crippen molar-refractivity contribution in [2.45, 2.75) is 18.6 Å².